The minimum Gasteiger partial charge on any atom is -0.492 e. The lowest BCUT2D eigenvalue weighted by atomic mass is 9.80. The molecule has 112 valence electrons. The van der Waals surface area contributed by atoms with Crippen molar-refractivity contribution in [1.82, 2.24) is 9.78 Å². The van der Waals surface area contributed by atoms with Gasteiger partial charge in [-0.15, -0.1) is 0 Å². The highest BCUT2D eigenvalue weighted by Gasteiger charge is 2.32. The Hall–Kier alpha value is -2.00. The van der Waals surface area contributed by atoms with Gasteiger partial charge in [-0.1, -0.05) is 12.1 Å². The zero-order chi connectivity index (χ0) is 15.5. The van der Waals surface area contributed by atoms with E-state index in [0.29, 0.717) is 5.75 Å². The fraction of sp³-hybridized carbons (Fsp3) is 0.250. The number of hydrogen-bond donors (Lipinski definition) is 2. The number of aromatic nitrogens is 2. The summed E-state index contributed by atoms with van der Waals surface area (Å²) in [5.74, 6) is 0.392. The van der Waals surface area contributed by atoms with E-state index in [1.165, 1.54) is 12.1 Å². The van der Waals surface area contributed by atoms with Gasteiger partial charge in [0.1, 0.15) is 12.4 Å². The highest BCUT2D eigenvalue weighted by molar-refractivity contribution is 6.58. The van der Waals surface area contributed by atoms with Crippen LogP contribution in [0.25, 0.3) is 0 Å². The molecule has 2 aromatic rings. The van der Waals surface area contributed by atoms with E-state index in [9.17, 15) is 13.2 Å². The van der Waals surface area contributed by atoms with Crippen molar-refractivity contribution in [3.8, 4) is 5.75 Å². The molecule has 9 heteroatoms. The van der Waals surface area contributed by atoms with Gasteiger partial charge in [0.25, 0.3) is 0 Å². The van der Waals surface area contributed by atoms with Gasteiger partial charge in [0, 0.05) is 6.20 Å². The summed E-state index contributed by atoms with van der Waals surface area (Å²) in [4.78, 5) is 0. The summed E-state index contributed by atoms with van der Waals surface area (Å²) >= 11 is 0. The summed E-state index contributed by atoms with van der Waals surface area (Å²) in [5.41, 5.74) is -0.543. The normalized spacial score (nSPS) is 11.5. The molecule has 21 heavy (non-hydrogen) atoms. The molecule has 1 aromatic carbocycles. The maximum atomic E-state index is 12.4. The summed E-state index contributed by atoms with van der Waals surface area (Å²) in [6.07, 6.45) is -2.76. The van der Waals surface area contributed by atoms with E-state index in [-0.39, 0.29) is 18.6 Å². The molecule has 0 saturated heterocycles. The highest BCUT2D eigenvalue weighted by Crippen LogP contribution is 2.28. The average Bonchev–Trinajstić information content (AvgIpc) is 2.88. The van der Waals surface area contributed by atoms with Crippen LogP contribution in [0.3, 0.4) is 0 Å². The number of nitrogens with zero attached hydrogens (tertiary/aromatic N) is 2. The number of benzene rings is 1. The molecule has 0 atom stereocenters. The van der Waals surface area contributed by atoms with Crippen molar-refractivity contribution in [3.05, 3.63) is 42.2 Å². The van der Waals surface area contributed by atoms with Gasteiger partial charge in [-0.3, -0.25) is 4.68 Å². The Bertz CT molecular complexity index is 601. The van der Waals surface area contributed by atoms with Crippen LogP contribution in [0.4, 0.5) is 13.2 Å². The van der Waals surface area contributed by atoms with E-state index >= 15 is 0 Å². The van der Waals surface area contributed by atoms with Crippen molar-refractivity contribution >= 4 is 12.6 Å². The molecule has 0 saturated carbocycles. The first-order valence-corrected chi connectivity index (χ1v) is 6.05. The number of halogens is 3. The number of alkyl halides is 3. The number of rotatable bonds is 5. The van der Waals surface area contributed by atoms with Gasteiger partial charge in [-0.25, -0.2) is 0 Å². The van der Waals surface area contributed by atoms with Crippen LogP contribution in [0.15, 0.2) is 36.7 Å². The van der Waals surface area contributed by atoms with Gasteiger partial charge in [0.15, 0.2) is 0 Å². The van der Waals surface area contributed by atoms with Gasteiger partial charge in [0.05, 0.1) is 18.3 Å². The Kier molecular flexibility index (Phi) is 4.54. The van der Waals surface area contributed by atoms with Crippen LogP contribution in [-0.4, -0.2) is 33.6 Å². The lowest BCUT2D eigenvalue weighted by Crippen LogP contribution is -2.29. The zero-order valence-electron chi connectivity index (χ0n) is 10.8. The average molecular weight is 300 g/mol. The van der Waals surface area contributed by atoms with E-state index in [0.717, 1.165) is 17.1 Å². The van der Waals surface area contributed by atoms with Gasteiger partial charge in [-0.2, -0.15) is 18.3 Å². The molecule has 0 bridgehead atoms. The smallest absolute Gasteiger partial charge is 0.488 e. The highest BCUT2D eigenvalue weighted by atomic mass is 19.4. The summed E-state index contributed by atoms with van der Waals surface area (Å²) in [6, 6.07) is 6.14. The van der Waals surface area contributed by atoms with E-state index in [4.69, 9.17) is 14.8 Å². The molecule has 0 aliphatic carbocycles. The second-order valence-corrected chi connectivity index (χ2v) is 4.28. The minimum atomic E-state index is -4.41. The van der Waals surface area contributed by atoms with Crippen molar-refractivity contribution in [1.29, 1.82) is 0 Å². The third-order valence-corrected chi connectivity index (χ3v) is 2.71. The standard InChI is InChI=1S/C12H12BF3N2O3/c14-12(15,16)9-7-17-18(8-9)4-5-21-11-3-1-2-10(6-11)13(19)20/h1-3,6-8,19-20H,4-5H2. The maximum absolute atomic E-state index is 12.4. The predicted octanol–water partition coefficient (Wildman–Crippen LogP) is 0.661. The second kappa shape index (κ2) is 6.19. The molecule has 0 aliphatic rings. The van der Waals surface area contributed by atoms with Crippen LogP contribution in [0.5, 0.6) is 5.75 Å². The number of ether oxygens (including phenoxy) is 1. The van der Waals surface area contributed by atoms with Crippen molar-refractivity contribution in [2.45, 2.75) is 12.7 Å². The molecule has 5 nitrogen and oxygen atoms in total. The number of hydrogen-bond acceptors (Lipinski definition) is 4. The molecule has 1 heterocycles. The molecule has 0 aliphatic heterocycles. The topological polar surface area (TPSA) is 67.5 Å². The summed E-state index contributed by atoms with van der Waals surface area (Å²) in [7, 11) is -1.60. The van der Waals surface area contributed by atoms with Crippen LogP contribution >= 0.6 is 0 Å². The van der Waals surface area contributed by atoms with Crippen molar-refractivity contribution in [3.63, 3.8) is 0 Å². The Morgan fingerprint density at radius 1 is 1.29 bits per heavy atom. The molecule has 1 aromatic heterocycles. The molecular formula is C12H12BF3N2O3. The summed E-state index contributed by atoms with van der Waals surface area (Å²) in [5, 5.41) is 21.6. The predicted molar refractivity (Wildman–Crippen MR) is 69.0 cm³/mol. The molecular weight excluding hydrogens is 288 g/mol. The van der Waals surface area contributed by atoms with E-state index in [2.05, 4.69) is 5.10 Å². The Morgan fingerprint density at radius 3 is 2.67 bits per heavy atom. The van der Waals surface area contributed by atoms with E-state index in [1.54, 1.807) is 12.1 Å². The zero-order valence-corrected chi connectivity index (χ0v) is 10.8. The summed E-state index contributed by atoms with van der Waals surface area (Å²) in [6.45, 7) is 0.242. The van der Waals surface area contributed by atoms with Crippen LogP contribution in [0.1, 0.15) is 5.56 Å². The van der Waals surface area contributed by atoms with Crippen LogP contribution in [0, 0.1) is 0 Å². The van der Waals surface area contributed by atoms with Gasteiger partial charge in [0.2, 0.25) is 0 Å². The minimum absolute atomic E-state index is 0.101. The van der Waals surface area contributed by atoms with Crippen molar-refractivity contribution in [2.75, 3.05) is 6.61 Å². The molecule has 2 rings (SSSR count). The molecule has 0 amide bonds. The first-order valence-electron chi connectivity index (χ1n) is 6.05. The van der Waals surface area contributed by atoms with Crippen molar-refractivity contribution < 1.29 is 28.0 Å². The third-order valence-electron chi connectivity index (χ3n) is 2.71. The van der Waals surface area contributed by atoms with Gasteiger partial charge >= 0.3 is 13.3 Å². The fourth-order valence-corrected chi connectivity index (χ4v) is 1.65. The van der Waals surface area contributed by atoms with Gasteiger partial charge < -0.3 is 14.8 Å². The Morgan fingerprint density at radius 2 is 2.05 bits per heavy atom. The van der Waals surface area contributed by atoms with E-state index < -0.39 is 18.9 Å². The molecule has 0 spiro atoms. The largest absolute Gasteiger partial charge is 0.492 e. The maximum Gasteiger partial charge on any atom is 0.488 e. The molecule has 0 radical (unpaired) electrons. The monoisotopic (exact) mass is 300 g/mol. The van der Waals surface area contributed by atoms with Gasteiger partial charge in [-0.05, 0) is 17.6 Å². The fourth-order valence-electron chi connectivity index (χ4n) is 1.65. The second-order valence-electron chi connectivity index (χ2n) is 4.28. The molecule has 2 N–H and O–H groups in total. The molecule has 0 fully saturated rings. The first-order chi connectivity index (χ1) is 9.86. The Labute approximate surface area is 118 Å². The summed E-state index contributed by atoms with van der Waals surface area (Å²) < 4.78 is 43.6. The van der Waals surface area contributed by atoms with Crippen molar-refractivity contribution in [2.24, 2.45) is 0 Å². The molecule has 0 unspecified atom stereocenters. The SMILES string of the molecule is OB(O)c1cccc(OCCn2cc(C(F)(F)F)cn2)c1. The van der Waals surface area contributed by atoms with Crippen LogP contribution in [-0.2, 0) is 12.7 Å². The van der Waals surface area contributed by atoms with E-state index in [1.807, 2.05) is 0 Å². The first kappa shape index (κ1) is 15.4. The lowest BCUT2D eigenvalue weighted by Gasteiger charge is -2.08. The van der Waals surface area contributed by atoms with Crippen LogP contribution < -0.4 is 10.2 Å². The third kappa shape index (κ3) is 4.23. The van der Waals surface area contributed by atoms with Crippen LogP contribution in [0.2, 0.25) is 0 Å². The quantitative estimate of drug-likeness (QED) is 0.796. The lowest BCUT2D eigenvalue weighted by molar-refractivity contribution is -0.137. The Balaban J connectivity index is 1.90.